The van der Waals surface area contributed by atoms with Gasteiger partial charge in [-0.15, -0.1) is 0 Å². The minimum Gasteiger partial charge on any atom is -0.365 e. The number of carbonyl (C=O) groups is 2. The molecule has 21 heavy (non-hydrogen) atoms. The number of anilines is 1. The zero-order valence-electron chi connectivity index (χ0n) is 11.9. The summed E-state index contributed by atoms with van der Waals surface area (Å²) in [5.41, 5.74) is 12.6. The number of rotatable bonds is 5. The van der Waals surface area contributed by atoms with Gasteiger partial charge >= 0.3 is 6.03 Å². The molecule has 1 aromatic carbocycles. The molecule has 0 fully saturated rings. The predicted molar refractivity (Wildman–Crippen MR) is 86.5 cm³/mol. The van der Waals surface area contributed by atoms with Crippen molar-refractivity contribution in [2.75, 3.05) is 5.32 Å². The van der Waals surface area contributed by atoms with Gasteiger partial charge in [-0.25, -0.2) is 4.79 Å². The Bertz CT molecular complexity index is 694. The van der Waals surface area contributed by atoms with Crippen molar-refractivity contribution >= 4 is 40.4 Å². The van der Waals surface area contributed by atoms with Gasteiger partial charge in [0.2, 0.25) is 0 Å². The maximum absolute atomic E-state index is 11.6. The number of hydrogen-bond acceptors (Lipinski definition) is 3. The Labute approximate surface area is 126 Å². The standard InChI is InChI=1S/C14H18N4O2S/c1-7(2)21-6-8-3-4-9-10(5-8)17-13(18-14(16)20)11(9)12(15)19/h3-5,7,17H,6H2,1-2H3,(H2,15,19)(H3,16,18,20). The van der Waals surface area contributed by atoms with Crippen LogP contribution in [0, 0.1) is 0 Å². The largest absolute Gasteiger partial charge is 0.365 e. The molecule has 2 rings (SSSR count). The number of carbonyl (C=O) groups excluding carboxylic acids is 2. The number of primary amides is 2. The summed E-state index contributed by atoms with van der Waals surface area (Å²) in [5, 5.41) is 3.60. The molecular formula is C14H18N4O2S. The molecule has 0 unspecified atom stereocenters. The highest BCUT2D eigenvalue weighted by Gasteiger charge is 2.17. The number of aromatic amines is 1. The molecule has 0 saturated heterocycles. The first-order chi connectivity index (χ1) is 9.88. The van der Waals surface area contributed by atoms with Crippen molar-refractivity contribution in [3.05, 3.63) is 29.3 Å². The molecule has 0 radical (unpaired) electrons. The molecule has 0 aliphatic carbocycles. The molecule has 6 N–H and O–H groups in total. The second-order valence-corrected chi connectivity index (χ2v) is 6.53. The predicted octanol–water partition coefficient (Wildman–Crippen LogP) is 2.40. The quantitative estimate of drug-likeness (QED) is 0.680. The molecule has 0 saturated carbocycles. The highest BCUT2D eigenvalue weighted by atomic mass is 32.2. The molecule has 112 valence electrons. The van der Waals surface area contributed by atoms with Gasteiger partial charge in [-0.2, -0.15) is 11.8 Å². The van der Waals surface area contributed by atoms with E-state index < -0.39 is 11.9 Å². The van der Waals surface area contributed by atoms with Crippen LogP contribution in [0.5, 0.6) is 0 Å². The second kappa shape index (κ2) is 6.09. The number of urea groups is 1. The van der Waals surface area contributed by atoms with E-state index >= 15 is 0 Å². The van der Waals surface area contributed by atoms with Crippen molar-refractivity contribution < 1.29 is 9.59 Å². The number of amides is 3. The fourth-order valence-electron chi connectivity index (χ4n) is 2.07. The second-order valence-electron chi connectivity index (χ2n) is 4.97. The SMILES string of the molecule is CC(C)SCc1ccc2c(C(N)=O)c(NC(N)=O)[nH]c2c1. The van der Waals surface area contributed by atoms with E-state index in [1.807, 2.05) is 30.0 Å². The summed E-state index contributed by atoms with van der Waals surface area (Å²) in [5.74, 6) is 0.491. The molecule has 7 heteroatoms. The monoisotopic (exact) mass is 306 g/mol. The van der Waals surface area contributed by atoms with Crippen LogP contribution in [0.2, 0.25) is 0 Å². The zero-order chi connectivity index (χ0) is 15.6. The summed E-state index contributed by atoms with van der Waals surface area (Å²) in [6.07, 6.45) is 0. The van der Waals surface area contributed by atoms with Crippen molar-refractivity contribution in [3.8, 4) is 0 Å². The van der Waals surface area contributed by atoms with Gasteiger partial charge in [-0.05, 0) is 16.9 Å². The number of fused-ring (bicyclic) bond motifs is 1. The van der Waals surface area contributed by atoms with Crippen LogP contribution < -0.4 is 16.8 Å². The topological polar surface area (TPSA) is 114 Å². The average Bonchev–Trinajstić information content (AvgIpc) is 2.72. The van der Waals surface area contributed by atoms with Crippen molar-refractivity contribution in [3.63, 3.8) is 0 Å². The van der Waals surface area contributed by atoms with Crippen LogP contribution in [0.1, 0.15) is 29.8 Å². The zero-order valence-corrected chi connectivity index (χ0v) is 12.7. The lowest BCUT2D eigenvalue weighted by atomic mass is 10.1. The van der Waals surface area contributed by atoms with E-state index in [9.17, 15) is 9.59 Å². The summed E-state index contributed by atoms with van der Waals surface area (Å²) in [6.45, 7) is 4.27. The normalized spacial score (nSPS) is 11.0. The van der Waals surface area contributed by atoms with Crippen LogP contribution in [0.25, 0.3) is 10.9 Å². The average molecular weight is 306 g/mol. The lowest BCUT2D eigenvalue weighted by molar-refractivity contribution is 0.100. The van der Waals surface area contributed by atoms with Crippen LogP contribution in [0.15, 0.2) is 18.2 Å². The highest BCUT2D eigenvalue weighted by Crippen LogP contribution is 2.28. The van der Waals surface area contributed by atoms with Crippen LogP contribution in [-0.2, 0) is 5.75 Å². The smallest absolute Gasteiger partial charge is 0.317 e. The maximum atomic E-state index is 11.6. The van der Waals surface area contributed by atoms with Crippen LogP contribution in [-0.4, -0.2) is 22.2 Å². The minimum absolute atomic E-state index is 0.235. The Kier molecular flexibility index (Phi) is 4.42. The first-order valence-electron chi connectivity index (χ1n) is 6.51. The van der Waals surface area contributed by atoms with Crippen LogP contribution >= 0.6 is 11.8 Å². The van der Waals surface area contributed by atoms with Gasteiger partial charge < -0.3 is 16.5 Å². The number of nitrogens with two attached hydrogens (primary N) is 2. The molecule has 0 bridgehead atoms. The van der Waals surface area contributed by atoms with Gasteiger partial charge in [0.15, 0.2) is 0 Å². The van der Waals surface area contributed by atoms with Crippen molar-refractivity contribution in [2.45, 2.75) is 24.9 Å². The van der Waals surface area contributed by atoms with Crippen LogP contribution in [0.3, 0.4) is 0 Å². The number of H-pyrrole nitrogens is 1. The fraction of sp³-hybridized carbons (Fsp3) is 0.286. The van der Waals surface area contributed by atoms with Crippen molar-refractivity contribution in [1.82, 2.24) is 4.98 Å². The lowest BCUT2D eigenvalue weighted by Gasteiger charge is -2.05. The van der Waals surface area contributed by atoms with Gasteiger partial charge in [0, 0.05) is 16.7 Å². The molecule has 2 aromatic rings. The third-order valence-corrected chi connectivity index (χ3v) is 4.11. The summed E-state index contributed by atoms with van der Waals surface area (Å²) in [7, 11) is 0. The van der Waals surface area contributed by atoms with E-state index in [1.165, 1.54) is 0 Å². The van der Waals surface area contributed by atoms with Gasteiger partial charge in [0.1, 0.15) is 5.82 Å². The third kappa shape index (κ3) is 3.49. The molecule has 1 aromatic heterocycles. The van der Waals surface area contributed by atoms with E-state index in [0.717, 1.165) is 16.8 Å². The molecule has 6 nitrogen and oxygen atoms in total. The first-order valence-corrected chi connectivity index (χ1v) is 7.56. The minimum atomic E-state index is -0.750. The van der Waals surface area contributed by atoms with Crippen molar-refractivity contribution in [1.29, 1.82) is 0 Å². The van der Waals surface area contributed by atoms with Gasteiger partial charge in [-0.3, -0.25) is 10.1 Å². The Morgan fingerprint density at radius 2 is 2.05 bits per heavy atom. The molecular weight excluding hydrogens is 288 g/mol. The molecule has 0 atom stereocenters. The number of aromatic nitrogens is 1. The summed E-state index contributed by atoms with van der Waals surface area (Å²) >= 11 is 1.83. The van der Waals surface area contributed by atoms with Gasteiger partial charge in [0.25, 0.3) is 5.91 Å². The number of benzene rings is 1. The van der Waals surface area contributed by atoms with E-state index in [0.29, 0.717) is 10.6 Å². The number of thioether (sulfide) groups is 1. The highest BCUT2D eigenvalue weighted by molar-refractivity contribution is 7.99. The van der Waals surface area contributed by atoms with E-state index in [2.05, 4.69) is 24.1 Å². The fourth-order valence-corrected chi connectivity index (χ4v) is 2.78. The Balaban J connectivity index is 2.43. The summed E-state index contributed by atoms with van der Waals surface area (Å²) < 4.78 is 0. The van der Waals surface area contributed by atoms with Crippen LogP contribution in [0.4, 0.5) is 10.6 Å². The molecule has 0 spiro atoms. The number of hydrogen-bond donors (Lipinski definition) is 4. The van der Waals surface area contributed by atoms with E-state index in [-0.39, 0.29) is 11.4 Å². The summed E-state index contributed by atoms with van der Waals surface area (Å²) in [4.78, 5) is 25.6. The van der Waals surface area contributed by atoms with E-state index in [1.54, 1.807) is 0 Å². The Hall–Kier alpha value is -2.15. The molecule has 0 aliphatic heterocycles. The maximum Gasteiger partial charge on any atom is 0.317 e. The summed E-state index contributed by atoms with van der Waals surface area (Å²) in [6, 6.07) is 4.98. The molecule has 0 aliphatic rings. The third-order valence-electron chi connectivity index (χ3n) is 2.94. The molecule has 3 amide bonds. The number of nitrogens with one attached hydrogen (secondary N) is 2. The first kappa shape index (κ1) is 15.2. The molecule has 1 heterocycles. The lowest BCUT2D eigenvalue weighted by Crippen LogP contribution is -2.22. The van der Waals surface area contributed by atoms with Crippen molar-refractivity contribution in [2.24, 2.45) is 11.5 Å². The van der Waals surface area contributed by atoms with Gasteiger partial charge in [-0.1, -0.05) is 26.0 Å². The Morgan fingerprint density at radius 3 is 2.62 bits per heavy atom. The Morgan fingerprint density at radius 1 is 1.33 bits per heavy atom. The van der Waals surface area contributed by atoms with E-state index in [4.69, 9.17) is 11.5 Å². The van der Waals surface area contributed by atoms with Gasteiger partial charge in [0.05, 0.1) is 5.56 Å².